The number of hydrogen-bond acceptors (Lipinski definition) is 7. The Labute approximate surface area is 139 Å². The SMILES string of the molecule is O=C(CCCc1nc(-c2ccco2)no1)N1CC2NCCOC2C1. The molecule has 2 saturated heterocycles. The summed E-state index contributed by atoms with van der Waals surface area (Å²) in [5.74, 6) is 1.69. The van der Waals surface area contributed by atoms with Crippen molar-refractivity contribution in [1.82, 2.24) is 20.4 Å². The van der Waals surface area contributed by atoms with Gasteiger partial charge >= 0.3 is 0 Å². The molecule has 8 nitrogen and oxygen atoms in total. The summed E-state index contributed by atoms with van der Waals surface area (Å²) in [6.07, 6.45) is 3.43. The van der Waals surface area contributed by atoms with E-state index in [9.17, 15) is 4.79 Å². The molecule has 0 radical (unpaired) electrons. The minimum Gasteiger partial charge on any atom is -0.461 e. The average Bonchev–Trinajstić information content (AvgIpc) is 3.33. The lowest BCUT2D eigenvalue weighted by atomic mass is 10.2. The monoisotopic (exact) mass is 332 g/mol. The van der Waals surface area contributed by atoms with Crippen LogP contribution in [0.15, 0.2) is 27.3 Å². The molecule has 0 aliphatic carbocycles. The number of aromatic nitrogens is 2. The summed E-state index contributed by atoms with van der Waals surface area (Å²) in [6.45, 7) is 2.99. The van der Waals surface area contributed by atoms with Crippen LogP contribution in [-0.2, 0) is 16.0 Å². The molecular formula is C16H20N4O4. The number of rotatable bonds is 5. The van der Waals surface area contributed by atoms with Crippen LogP contribution >= 0.6 is 0 Å². The standard InChI is InChI=1S/C16H20N4O4/c21-15(20-9-11-13(10-20)23-8-6-17-11)5-1-4-14-18-16(19-24-14)12-3-2-7-22-12/h2-3,7,11,13,17H,1,4-6,8-10H2. The zero-order chi connectivity index (χ0) is 16.4. The fourth-order valence-electron chi connectivity index (χ4n) is 3.21. The lowest BCUT2D eigenvalue weighted by Crippen LogP contribution is -2.47. The first-order valence-electron chi connectivity index (χ1n) is 8.29. The zero-order valence-electron chi connectivity index (χ0n) is 13.3. The second kappa shape index (κ2) is 6.74. The smallest absolute Gasteiger partial charge is 0.238 e. The van der Waals surface area contributed by atoms with E-state index in [4.69, 9.17) is 13.7 Å². The van der Waals surface area contributed by atoms with Crippen molar-refractivity contribution in [1.29, 1.82) is 0 Å². The topological polar surface area (TPSA) is 93.6 Å². The molecule has 0 bridgehead atoms. The second-order valence-corrected chi connectivity index (χ2v) is 6.11. The van der Waals surface area contributed by atoms with Crippen LogP contribution in [0.1, 0.15) is 18.7 Å². The van der Waals surface area contributed by atoms with Gasteiger partial charge in [-0.1, -0.05) is 5.16 Å². The second-order valence-electron chi connectivity index (χ2n) is 6.11. The van der Waals surface area contributed by atoms with Gasteiger partial charge in [-0.3, -0.25) is 4.79 Å². The molecule has 2 aromatic heterocycles. The fraction of sp³-hybridized carbons (Fsp3) is 0.562. The normalized spacial score (nSPS) is 23.4. The molecule has 4 rings (SSSR count). The molecule has 1 amide bonds. The van der Waals surface area contributed by atoms with Gasteiger partial charge in [0.05, 0.1) is 25.0 Å². The zero-order valence-corrected chi connectivity index (χ0v) is 13.3. The Balaban J connectivity index is 1.25. The van der Waals surface area contributed by atoms with E-state index in [-0.39, 0.29) is 18.1 Å². The Kier molecular flexibility index (Phi) is 4.31. The molecule has 4 heterocycles. The van der Waals surface area contributed by atoms with Crippen molar-refractivity contribution in [2.75, 3.05) is 26.2 Å². The Bertz CT molecular complexity index is 670. The Morgan fingerprint density at radius 2 is 2.38 bits per heavy atom. The number of nitrogens with zero attached hydrogens (tertiary/aromatic N) is 3. The first-order chi connectivity index (χ1) is 11.8. The van der Waals surface area contributed by atoms with Crippen LogP contribution in [0.25, 0.3) is 11.6 Å². The number of carbonyl (C=O) groups is 1. The van der Waals surface area contributed by atoms with E-state index >= 15 is 0 Å². The van der Waals surface area contributed by atoms with Crippen molar-refractivity contribution in [3.63, 3.8) is 0 Å². The highest BCUT2D eigenvalue weighted by molar-refractivity contribution is 5.76. The lowest BCUT2D eigenvalue weighted by molar-refractivity contribution is -0.130. The van der Waals surface area contributed by atoms with Crippen LogP contribution in [0.5, 0.6) is 0 Å². The van der Waals surface area contributed by atoms with Gasteiger partial charge in [-0.25, -0.2) is 0 Å². The summed E-state index contributed by atoms with van der Waals surface area (Å²) in [4.78, 5) is 18.5. The van der Waals surface area contributed by atoms with Crippen LogP contribution in [0.4, 0.5) is 0 Å². The van der Waals surface area contributed by atoms with Gasteiger partial charge in [-0.15, -0.1) is 0 Å². The lowest BCUT2D eigenvalue weighted by Gasteiger charge is -2.25. The third-order valence-electron chi connectivity index (χ3n) is 4.45. The largest absolute Gasteiger partial charge is 0.461 e. The number of ether oxygens (including phenoxy) is 1. The summed E-state index contributed by atoms with van der Waals surface area (Å²) in [6, 6.07) is 3.83. The van der Waals surface area contributed by atoms with Crippen molar-refractivity contribution < 1.29 is 18.5 Å². The number of carbonyl (C=O) groups excluding carboxylic acids is 1. The molecule has 1 N–H and O–H groups in total. The van der Waals surface area contributed by atoms with Gasteiger partial charge < -0.3 is 23.9 Å². The Morgan fingerprint density at radius 3 is 3.21 bits per heavy atom. The number of hydrogen-bond donors (Lipinski definition) is 1. The fourth-order valence-corrected chi connectivity index (χ4v) is 3.21. The van der Waals surface area contributed by atoms with Gasteiger partial charge in [-0.05, 0) is 18.6 Å². The van der Waals surface area contributed by atoms with Gasteiger partial charge in [0, 0.05) is 32.5 Å². The van der Waals surface area contributed by atoms with Crippen molar-refractivity contribution in [3.05, 3.63) is 24.3 Å². The molecule has 2 aliphatic heterocycles. The van der Waals surface area contributed by atoms with Gasteiger partial charge in [0.2, 0.25) is 17.6 Å². The molecule has 2 aliphatic rings. The molecule has 0 saturated carbocycles. The van der Waals surface area contributed by atoms with Crippen LogP contribution in [0, 0.1) is 0 Å². The van der Waals surface area contributed by atoms with E-state index in [0.29, 0.717) is 43.3 Å². The maximum Gasteiger partial charge on any atom is 0.238 e. The molecule has 24 heavy (non-hydrogen) atoms. The number of likely N-dealkylation sites (tertiary alicyclic amines) is 1. The predicted octanol–water partition coefficient (Wildman–Crippen LogP) is 0.851. The maximum atomic E-state index is 12.3. The summed E-state index contributed by atoms with van der Waals surface area (Å²) in [5, 5.41) is 7.29. The van der Waals surface area contributed by atoms with Crippen LogP contribution < -0.4 is 5.32 Å². The molecule has 0 spiro atoms. The average molecular weight is 332 g/mol. The minimum atomic E-state index is 0.134. The molecule has 2 unspecified atom stereocenters. The number of furan rings is 1. The van der Waals surface area contributed by atoms with E-state index in [1.807, 2.05) is 4.90 Å². The van der Waals surface area contributed by atoms with E-state index in [2.05, 4.69) is 15.5 Å². The van der Waals surface area contributed by atoms with E-state index in [0.717, 1.165) is 19.7 Å². The summed E-state index contributed by atoms with van der Waals surface area (Å²) >= 11 is 0. The number of aryl methyl sites for hydroxylation is 1. The Morgan fingerprint density at radius 1 is 1.42 bits per heavy atom. The third-order valence-corrected chi connectivity index (χ3v) is 4.45. The van der Waals surface area contributed by atoms with E-state index in [1.54, 1.807) is 18.4 Å². The summed E-state index contributed by atoms with van der Waals surface area (Å²) in [5.41, 5.74) is 0. The van der Waals surface area contributed by atoms with Crippen LogP contribution in [0.2, 0.25) is 0 Å². The van der Waals surface area contributed by atoms with Crippen LogP contribution in [0.3, 0.4) is 0 Å². The predicted molar refractivity (Wildman–Crippen MR) is 83.0 cm³/mol. The minimum absolute atomic E-state index is 0.134. The molecule has 2 aromatic rings. The number of amides is 1. The van der Waals surface area contributed by atoms with Crippen molar-refractivity contribution in [2.24, 2.45) is 0 Å². The van der Waals surface area contributed by atoms with Gasteiger partial charge in [0.25, 0.3) is 0 Å². The number of fused-ring (bicyclic) bond motifs is 1. The van der Waals surface area contributed by atoms with Crippen molar-refractivity contribution >= 4 is 5.91 Å². The van der Waals surface area contributed by atoms with Gasteiger partial charge in [-0.2, -0.15) is 4.98 Å². The molecule has 2 atom stereocenters. The van der Waals surface area contributed by atoms with Crippen molar-refractivity contribution in [3.8, 4) is 11.6 Å². The summed E-state index contributed by atoms with van der Waals surface area (Å²) in [7, 11) is 0. The molecule has 2 fully saturated rings. The first kappa shape index (κ1) is 15.3. The highest BCUT2D eigenvalue weighted by Gasteiger charge is 2.37. The maximum absolute atomic E-state index is 12.3. The van der Waals surface area contributed by atoms with E-state index < -0.39 is 0 Å². The molecule has 128 valence electrons. The highest BCUT2D eigenvalue weighted by Crippen LogP contribution is 2.19. The Hall–Kier alpha value is -2.19. The quantitative estimate of drug-likeness (QED) is 0.867. The molecule has 8 heteroatoms. The first-order valence-corrected chi connectivity index (χ1v) is 8.29. The van der Waals surface area contributed by atoms with Gasteiger partial charge in [0.15, 0.2) is 5.76 Å². The number of morpholine rings is 1. The van der Waals surface area contributed by atoms with Gasteiger partial charge in [0.1, 0.15) is 0 Å². The highest BCUT2D eigenvalue weighted by atomic mass is 16.5. The molecular weight excluding hydrogens is 312 g/mol. The summed E-state index contributed by atoms with van der Waals surface area (Å²) < 4.78 is 16.1. The molecule has 0 aromatic carbocycles. The number of nitrogens with one attached hydrogen (secondary N) is 1. The van der Waals surface area contributed by atoms with Crippen LogP contribution in [-0.4, -0.2) is 59.3 Å². The third kappa shape index (κ3) is 3.20. The van der Waals surface area contributed by atoms with Crippen molar-refractivity contribution in [2.45, 2.75) is 31.4 Å². The van der Waals surface area contributed by atoms with E-state index in [1.165, 1.54) is 0 Å².